The maximum Gasteiger partial charge on any atom is 0.413 e. The summed E-state index contributed by atoms with van der Waals surface area (Å²) in [6.45, 7) is -1.21. The van der Waals surface area contributed by atoms with Crippen LogP contribution < -0.4 is 5.48 Å². The van der Waals surface area contributed by atoms with Crippen LogP contribution in [0.5, 0.6) is 0 Å². The molecule has 2 bridgehead atoms. The van der Waals surface area contributed by atoms with Crippen LogP contribution in [0, 0.1) is 0 Å². The second-order valence-electron chi connectivity index (χ2n) is 4.74. The van der Waals surface area contributed by atoms with Gasteiger partial charge in [-0.25, -0.2) is 0 Å². The molecule has 0 radical (unpaired) electrons. The Morgan fingerprint density at radius 2 is 1.81 bits per heavy atom. The van der Waals surface area contributed by atoms with Crippen molar-refractivity contribution in [3.63, 3.8) is 0 Å². The summed E-state index contributed by atoms with van der Waals surface area (Å²) in [7, 11) is 2.09. The number of alkyl halides is 3. The second kappa shape index (κ2) is 4.50. The number of nitrogens with one attached hydrogen (secondary N) is 1. The molecule has 0 saturated carbocycles. The quantitative estimate of drug-likeness (QED) is 0.757. The van der Waals surface area contributed by atoms with E-state index in [4.69, 9.17) is 0 Å². The van der Waals surface area contributed by atoms with Gasteiger partial charge < -0.3 is 4.90 Å². The summed E-state index contributed by atoms with van der Waals surface area (Å²) in [5, 5.41) is 0. The highest BCUT2D eigenvalue weighted by atomic mass is 19.4. The van der Waals surface area contributed by atoms with Crippen molar-refractivity contribution in [2.24, 2.45) is 0 Å². The molecule has 2 heterocycles. The Hall–Kier alpha value is -0.330. The molecule has 94 valence electrons. The van der Waals surface area contributed by atoms with Gasteiger partial charge in [0.2, 0.25) is 0 Å². The van der Waals surface area contributed by atoms with Gasteiger partial charge in [-0.3, -0.25) is 4.84 Å². The van der Waals surface area contributed by atoms with E-state index in [9.17, 15) is 13.2 Å². The first-order chi connectivity index (χ1) is 7.46. The molecule has 0 aliphatic carbocycles. The van der Waals surface area contributed by atoms with Crippen LogP contribution in [0.1, 0.15) is 25.7 Å². The number of halogens is 3. The molecule has 0 aromatic rings. The van der Waals surface area contributed by atoms with Gasteiger partial charge in [-0.2, -0.15) is 18.7 Å². The smallest absolute Gasteiger partial charge is 0.300 e. The average molecular weight is 238 g/mol. The van der Waals surface area contributed by atoms with E-state index in [1.54, 1.807) is 0 Å². The van der Waals surface area contributed by atoms with Crippen molar-refractivity contribution in [3.05, 3.63) is 0 Å². The minimum absolute atomic E-state index is 0.0658. The summed E-state index contributed by atoms with van der Waals surface area (Å²) in [6.07, 6.45) is -0.190. The van der Waals surface area contributed by atoms with E-state index in [0.717, 1.165) is 25.7 Å². The molecule has 0 aromatic heterocycles. The Morgan fingerprint density at radius 1 is 1.25 bits per heavy atom. The third kappa shape index (κ3) is 2.87. The highest BCUT2D eigenvalue weighted by molar-refractivity contribution is 4.95. The Kier molecular flexibility index (Phi) is 3.42. The third-order valence-electron chi connectivity index (χ3n) is 3.58. The molecular weight excluding hydrogens is 221 g/mol. The molecule has 2 aliphatic heterocycles. The zero-order valence-corrected chi connectivity index (χ0v) is 9.26. The molecule has 0 spiro atoms. The normalized spacial score (nSPS) is 35.6. The first-order valence-electron chi connectivity index (χ1n) is 5.62. The SMILES string of the molecule is CN1C2CCC1CC(NOCC(F)(F)F)C2. The van der Waals surface area contributed by atoms with E-state index < -0.39 is 12.8 Å². The molecule has 6 heteroatoms. The minimum atomic E-state index is -4.25. The summed E-state index contributed by atoms with van der Waals surface area (Å²) >= 11 is 0. The van der Waals surface area contributed by atoms with Crippen molar-refractivity contribution in [3.8, 4) is 0 Å². The summed E-state index contributed by atoms with van der Waals surface area (Å²) < 4.78 is 35.6. The predicted molar refractivity (Wildman–Crippen MR) is 52.7 cm³/mol. The Labute approximate surface area is 92.9 Å². The number of hydroxylamine groups is 1. The minimum Gasteiger partial charge on any atom is -0.300 e. The number of piperidine rings is 1. The summed E-state index contributed by atoms with van der Waals surface area (Å²) in [5.41, 5.74) is 2.55. The van der Waals surface area contributed by atoms with Crippen molar-refractivity contribution in [1.82, 2.24) is 10.4 Å². The van der Waals surface area contributed by atoms with Crippen LogP contribution in [0.2, 0.25) is 0 Å². The van der Waals surface area contributed by atoms with Crippen LogP contribution in [0.3, 0.4) is 0 Å². The molecule has 0 amide bonds. The number of rotatable bonds is 3. The van der Waals surface area contributed by atoms with Crippen LogP contribution in [0.25, 0.3) is 0 Å². The standard InChI is InChI=1S/C10H17F3N2O/c1-15-8-2-3-9(15)5-7(4-8)14-16-6-10(11,12)13/h7-9,14H,2-6H2,1H3. The number of hydrogen-bond donors (Lipinski definition) is 1. The lowest BCUT2D eigenvalue weighted by Gasteiger charge is -2.36. The van der Waals surface area contributed by atoms with Crippen LogP contribution in [0.15, 0.2) is 0 Å². The molecule has 2 aliphatic rings. The van der Waals surface area contributed by atoms with E-state index in [0.29, 0.717) is 12.1 Å². The Morgan fingerprint density at radius 3 is 2.31 bits per heavy atom. The first kappa shape index (κ1) is 12.1. The lowest BCUT2D eigenvalue weighted by atomic mass is 9.99. The Bertz CT molecular complexity index is 233. The van der Waals surface area contributed by atoms with Crippen LogP contribution in [-0.2, 0) is 4.84 Å². The molecule has 2 atom stereocenters. The molecule has 2 fully saturated rings. The molecule has 1 N–H and O–H groups in total. The van der Waals surface area contributed by atoms with Gasteiger partial charge in [-0.1, -0.05) is 0 Å². The van der Waals surface area contributed by atoms with Gasteiger partial charge in [0.25, 0.3) is 0 Å². The van der Waals surface area contributed by atoms with E-state index in [1.807, 2.05) is 0 Å². The summed E-state index contributed by atoms with van der Waals surface area (Å²) in [6, 6.07) is 1.08. The van der Waals surface area contributed by atoms with E-state index in [-0.39, 0.29) is 6.04 Å². The Balaban J connectivity index is 1.73. The second-order valence-corrected chi connectivity index (χ2v) is 4.74. The van der Waals surface area contributed by atoms with Gasteiger partial charge in [0.15, 0.2) is 6.61 Å². The largest absolute Gasteiger partial charge is 0.413 e. The summed E-state index contributed by atoms with van der Waals surface area (Å²) in [4.78, 5) is 6.84. The van der Waals surface area contributed by atoms with Crippen molar-refractivity contribution in [2.75, 3.05) is 13.7 Å². The highest BCUT2D eigenvalue weighted by Crippen LogP contribution is 2.34. The third-order valence-corrected chi connectivity index (χ3v) is 3.58. The molecule has 0 aromatic carbocycles. The van der Waals surface area contributed by atoms with Crippen LogP contribution in [-0.4, -0.2) is 42.9 Å². The lowest BCUT2D eigenvalue weighted by Crippen LogP contribution is -2.47. The fourth-order valence-corrected chi connectivity index (χ4v) is 2.75. The van der Waals surface area contributed by atoms with E-state index in [2.05, 4.69) is 22.3 Å². The lowest BCUT2D eigenvalue weighted by molar-refractivity contribution is -0.194. The fraction of sp³-hybridized carbons (Fsp3) is 1.00. The van der Waals surface area contributed by atoms with Crippen LogP contribution >= 0.6 is 0 Å². The van der Waals surface area contributed by atoms with E-state index in [1.165, 1.54) is 0 Å². The zero-order chi connectivity index (χ0) is 11.8. The number of fused-ring (bicyclic) bond motifs is 2. The first-order valence-corrected chi connectivity index (χ1v) is 5.62. The molecule has 3 nitrogen and oxygen atoms in total. The fourth-order valence-electron chi connectivity index (χ4n) is 2.75. The molecule has 16 heavy (non-hydrogen) atoms. The van der Waals surface area contributed by atoms with Gasteiger partial charge >= 0.3 is 6.18 Å². The maximum atomic E-state index is 11.9. The van der Waals surface area contributed by atoms with Gasteiger partial charge in [-0.05, 0) is 32.7 Å². The maximum absolute atomic E-state index is 11.9. The topological polar surface area (TPSA) is 24.5 Å². The van der Waals surface area contributed by atoms with Gasteiger partial charge in [0.05, 0.1) is 0 Å². The monoisotopic (exact) mass is 238 g/mol. The van der Waals surface area contributed by atoms with Crippen molar-refractivity contribution in [1.29, 1.82) is 0 Å². The average Bonchev–Trinajstić information content (AvgIpc) is 2.41. The van der Waals surface area contributed by atoms with E-state index >= 15 is 0 Å². The number of nitrogens with zero attached hydrogens (tertiary/aromatic N) is 1. The van der Waals surface area contributed by atoms with Gasteiger partial charge in [-0.15, -0.1) is 0 Å². The molecule has 2 unspecified atom stereocenters. The number of hydrogen-bond acceptors (Lipinski definition) is 3. The zero-order valence-electron chi connectivity index (χ0n) is 9.26. The summed E-state index contributed by atoms with van der Waals surface area (Å²) in [5.74, 6) is 0. The van der Waals surface area contributed by atoms with Crippen molar-refractivity contribution < 1.29 is 18.0 Å². The van der Waals surface area contributed by atoms with Gasteiger partial charge in [0, 0.05) is 18.1 Å². The molecule has 2 saturated heterocycles. The highest BCUT2D eigenvalue weighted by Gasteiger charge is 2.38. The van der Waals surface area contributed by atoms with Crippen LogP contribution in [0.4, 0.5) is 13.2 Å². The van der Waals surface area contributed by atoms with Gasteiger partial charge in [0.1, 0.15) is 0 Å². The van der Waals surface area contributed by atoms with Crippen molar-refractivity contribution in [2.45, 2.75) is 50.0 Å². The molecule has 2 rings (SSSR count). The predicted octanol–water partition coefficient (Wildman–Crippen LogP) is 1.70. The molecular formula is C10H17F3N2O. The van der Waals surface area contributed by atoms with Crippen molar-refractivity contribution >= 4 is 0 Å².